The van der Waals surface area contributed by atoms with Gasteiger partial charge in [0.05, 0.1) is 5.52 Å². The fourth-order valence-electron chi connectivity index (χ4n) is 6.95. The van der Waals surface area contributed by atoms with Crippen molar-refractivity contribution in [3.63, 3.8) is 0 Å². The average molecular weight is 446 g/mol. The van der Waals surface area contributed by atoms with Crippen LogP contribution in [-0.2, 0) is 5.41 Å². The maximum Gasteiger partial charge on any atom is 0.126 e. The lowest BCUT2D eigenvalue weighted by atomic mass is 9.75. The van der Waals surface area contributed by atoms with Crippen LogP contribution in [0.1, 0.15) is 60.3 Å². The lowest BCUT2D eigenvalue weighted by Crippen LogP contribution is -2.44. The van der Waals surface area contributed by atoms with Crippen LogP contribution in [0.2, 0.25) is 0 Å². The first kappa shape index (κ1) is 20.2. The molecule has 3 aromatic carbocycles. The number of fused-ring (bicyclic) bond motifs is 9. The predicted octanol–water partition coefficient (Wildman–Crippen LogP) is 6.38. The molecule has 3 nitrogen and oxygen atoms in total. The van der Waals surface area contributed by atoms with Crippen LogP contribution in [0.5, 0.6) is 0 Å². The summed E-state index contributed by atoms with van der Waals surface area (Å²) >= 11 is 0. The number of nitrogens with one attached hydrogen (secondary N) is 2. The molecule has 1 saturated carbocycles. The molecule has 0 saturated heterocycles. The van der Waals surface area contributed by atoms with Crippen LogP contribution in [0.3, 0.4) is 0 Å². The third-order valence-corrected chi connectivity index (χ3v) is 8.63. The third kappa shape index (κ3) is 3.18. The Balaban J connectivity index is 1.03. The highest BCUT2D eigenvalue weighted by molar-refractivity contribution is 5.80. The molecule has 0 spiro atoms. The molecule has 1 heterocycles. The second-order valence-corrected chi connectivity index (χ2v) is 10.5. The number of pyridine rings is 1. The summed E-state index contributed by atoms with van der Waals surface area (Å²) in [7, 11) is 0. The molecule has 0 aliphatic heterocycles. The smallest absolute Gasteiger partial charge is 0.126 e. The molecule has 2 N–H and O–H groups in total. The standard InChI is InChI=1S/C31H31N3/c1-6-12-29-21(7-1)13-18-30(34-29)33-23-16-14-22(15-17-23)32-20-31-19-26(24-8-2-4-10-27(24)31)25-9-3-5-11-28(25)31/h1-13,18,22-23,26,32H,14-17,19-20H2,(H,33,34). The summed E-state index contributed by atoms with van der Waals surface area (Å²) in [6, 6.07) is 32.1. The van der Waals surface area contributed by atoms with E-state index in [1.165, 1.54) is 37.5 Å². The van der Waals surface area contributed by atoms with Gasteiger partial charge in [-0.25, -0.2) is 4.98 Å². The molecule has 1 fully saturated rings. The molecule has 0 unspecified atom stereocenters. The van der Waals surface area contributed by atoms with E-state index < -0.39 is 0 Å². The molecule has 34 heavy (non-hydrogen) atoms. The van der Waals surface area contributed by atoms with Gasteiger partial charge in [-0.05, 0) is 72.6 Å². The Morgan fingerprint density at radius 2 is 1.35 bits per heavy atom. The number of benzene rings is 3. The summed E-state index contributed by atoms with van der Waals surface area (Å²) in [6.45, 7) is 1.05. The molecule has 0 radical (unpaired) electrons. The van der Waals surface area contributed by atoms with Gasteiger partial charge in [0, 0.05) is 35.3 Å². The summed E-state index contributed by atoms with van der Waals surface area (Å²) in [4.78, 5) is 4.82. The zero-order chi connectivity index (χ0) is 22.5. The highest BCUT2D eigenvalue weighted by Crippen LogP contribution is 2.59. The second kappa shape index (κ2) is 7.95. The Kier molecular flexibility index (Phi) is 4.73. The van der Waals surface area contributed by atoms with Crippen LogP contribution in [0, 0.1) is 0 Å². The normalized spacial score (nSPS) is 26.9. The third-order valence-electron chi connectivity index (χ3n) is 8.63. The zero-order valence-electron chi connectivity index (χ0n) is 19.5. The van der Waals surface area contributed by atoms with Gasteiger partial charge in [0.25, 0.3) is 0 Å². The molecule has 3 aliphatic rings. The number of para-hydroxylation sites is 1. The van der Waals surface area contributed by atoms with Crippen molar-refractivity contribution in [2.75, 3.05) is 11.9 Å². The Morgan fingerprint density at radius 1 is 0.706 bits per heavy atom. The summed E-state index contributed by atoms with van der Waals surface area (Å²) < 4.78 is 0. The number of hydrogen-bond donors (Lipinski definition) is 2. The molecular formula is C31H31N3. The van der Waals surface area contributed by atoms with Crippen LogP contribution in [-0.4, -0.2) is 23.6 Å². The van der Waals surface area contributed by atoms with E-state index in [1.54, 1.807) is 22.3 Å². The van der Waals surface area contributed by atoms with E-state index in [9.17, 15) is 0 Å². The topological polar surface area (TPSA) is 37.0 Å². The molecule has 170 valence electrons. The summed E-state index contributed by atoms with van der Waals surface area (Å²) in [5, 5.41) is 8.93. The van der Waals surface area contributed by atoms with Crippen molar-refractivity contribution in [3.8, 4) is 0 Å². The minimum absolute atomic E-state index is 0.141. The van der Waals surface area contributed by atoms with E-state index in [2.05, 4.69) is 95.6 Å². The zero-order valence-corrected chi connectivity index (χ0v) is 19.5. The number of nitrogens with zero attached hydrogens (tertiary/aromatic N) is 1. The van der Waals surface area contributed by atoms with Crippen molar-refractivity contribution in [1.82, 2.24) is 10.3 Å². The van der Waals surface area contributed by atoms with Crippen molar-refractivity contribution in [2.24, 2.45) is 0 Å². The lowest BCUT2D eigenvalue weighted by molar-refractivity contribution is 0.330. The SMILES string of the molecule is c1ccc2c(c1)C1CC2(CNC2CCC(Nc3ccc4ccccc4n3)CC2)c2ccccc21. The van der Waals surface area contributed by atoms with Gasteiger partial charge in [-0.15, -0.1) is 0 Å². The van der Waals surface area contributed by atoms with Gasteiger partial charge < -0.3 is 10.6 Å². The monoisotopic (exact) mass is 445 g/mol. The maximum atomic E-state index is 4.82. The Morgan fingerprint density at radius 3 is 2.12 bits per heavy atom. The van der Waals surface area contributed by atoms with Gasteiger partial charge >= 0.3 is 0 Å². The van der Waals surface area contributed by atoms with Crippen molar-refractivity contribution >= 4 is 16.7 Å². The predicted molar refractivity (Wildman–Crippen MR) is 140 cm³/mol. The number of aromatic nitrogens is 1. The van der Waals surface area contributed by atoms with Gasteiger partial charge in [0.2, 0.25) is 0 Å². The fraction of sp³-hybridized carbons (Fsp3) is 0.323. The van der Waals surface area contributed by atoms with Crippen molar-refractivity contribution in [2.45, 2.75) is 55.5 Å². The first-order valence-electron chi connectivity index (χ1n) is 12.8. The highest BCUT2D eigenvalue weighted by Gasteiger charge is 2.52. The van der Waals surface area contributed by atoms with Gasteiger partial charge in [0.15, 0.2) is 0 Å². The number of anilines is 1. The van der Waals surface area contributed by atoms with Gasteiger partial charge in [0.1, 0.15) is 5.82 Å². The average Bonchev–Trinajstić information content (AvgIpc) is 3.41. The lowest BCUT2D eigenvalue weighted by Gasteiger charge is -2.36. The Bertz CT molecular complexity index is 1300. The fourth-order valence-corrected chi connectivity index (χ4v) is 6.95. The summed E-state index contributed by atoms with van der Waals surface area (Å²) in [5.74, 6) is 1.58. The minimum atomic E-state index is 0.141. The Hall–Kier alpha value is -3.17. The van der Waals surface area contributed by atoms with Crippen LogP contribution in [0.15, 0.2) is 84.9 Å². The molecular weight excluding hydrogens is 414 g/mol. The van der Waals surface area contributed by atoms with E-state index in [0.717, 1.165) is 17.9 Å². The molecule has 1 aromatic heterocycles. The molecule has 3 heteroatoms. The summed E-state index contributed by atoms with van der Waals surface area (Å²) in [6.07, 6.45) is 6.04. The number of rotatable bonds is 5. The van der Waals surface area contributed by atoms with Crippen molar-refractivity contribution in [3.05, 3.63) is 107 Å². The quantitative estimate of drug-likeness (QED) is 0.374. The summed E-state index contributed by atoms with van der Waals surface area (Å²) in [5.41, 5.74) is 7.43. The van der Waals surface area contributed by atoms with Crippen LogP contribution in [0.25, 0.3) is 10.9 Å². The van der Waals surface area contributed by atoms with Crippen LogP contribution >= 0.6 is 0 Å². The number of hydrogen-bond acceptors (Lipinski definition) is 3. The van der Waals surface area contributed by atoms with E-state index in [-0.39, 0.29) is 5.41 Å². The molecule has 3 aliphatic carbocycles. The highest BCUT2D eigenvalue weighted by atomic mass is 15.0. The van der Waals surface area contributed by atoms with Crippen molar-refractivity contribution < 1.29 is 0 Å². The van der Waals surface area contributed by atoms with E-state index in [4.69, 9.17) is 4.98 Å². The van der Waals surface area contributed by atoms with Crippen molar-refractivity contribution in [1.29, 1.82) is 0 Å². The molecule has 2 bridgehead atoms. The van der Waals surface area contributed by atoms with Crippen LogP contribution < -0.4 is 10.6 Å². The van der Waals surface area contributed by atoms with Gasteiger partial charge in [-0.1, -0.05) is 66.7 Å². The van der Waals surface area contributed by atoms with Gasteiger partial charge in [-0.3, -0.25) is 0 Å². The van der Waals surface area contributed by atoms with E-state index in [1.807, 2.05) is 0 Å². The first-order chi connectivity index (χ1) is 16.8. The van der Waals surface area contributed by atoms with E-state index >= 15 is 0 Å². The second-order valence-electron chi connectivity index (χ2n) is 10.5. The molecule has 7 rings (SSSR count). The Labute approximate surface area is 201 Å². The molecule has 0 amide bonds. The van der Waals surface area contributed by atoms with Crippen LogP contribution in [0.4, 0.5) is 5.82 Å². The first-order valence-corrected chi connectivity index (χ1v) is 12.8. The largest absolute Gasteiger partial charge is 0.367 e. The van der Waals surface area contributed by atoms with Gasteiger partial charge in [-0.2, -0.15) is 0 Å². The van der Waals surface area contributed by atoms with E-state index in [0.29, 0.717) is 18.0 Å². The minimum Gasteiger partial charge on any atom is -0.367 e. The molecule has 4 aromatic rings. The molecule has 0 atom stereocenters. The maximum absolute atomic E-state index is 4.82.